The van der Waals surface area contributed by atoms with Gasteiger partial charge in [-0.25, -0.2) is 0 Å². The Bertz CT molecular complexity index is 2190. The van der Waals surface area contributed by atoms with Crippen molar-refractivity contribution >= 4 is 0 Å². The SMILES string of the molecule is Cc1cccc(OC2CCC3C4NC(NC5NC(NC6NC(NC7NC(N4)C4CC(Oc8cccc(C)c8)CCC74)C4CC(Oc7cccc(C)c7)CCC64)C4CC(Oc6cccc(C)c6)CCC54)C3C2)c1. The van der Waals surface area contributed by atoms with Crippen LogP contribution in [-0.4, -0.2) is 73.7 Å². The molecule has 5 heterocycles. The normalized spacial score (nSPS) is 41.1. The summed E-state index contributed by atoms with van der Waals surface area (Å²) < 4.78 is 27.4. The van der Waals surface area contributed by atoms with E-state index < -0.39 is 0 Å². The van der Waals surface area contributed by atoms with Crippen LogP contribution in [0.3, 0.4) is 0 Å². The lowest BCUT2D eigenvalue weighted by Gasteiger charge is -2.39. The Morgan fingerprint density at radius 3 is 0.694 bits per heavy atom. The second-order valence-corrected chi connectivity index (χ2v) is 23.9. The van der Waals surface area contributed by atoms with Gasteiger partial charge in [-0.2, -0.15) is 0 Å². The number of benzene rings is 4. The van der Waals surface area contributed by atoms with E-state index in [1.165, 1.54) is 22.3 Å². The van der Waals surface area contributed by atoms with Gasteiger partial charge in [-0.3, -0.25) is 42.5 Å². The third kappa shape index (κ3) is 9.80. The predicted molar refractivity (Wildman–Crippen MR) is 281 cm³/mol. The van der Waals surface area contributed by atoms with Crippen LogP contribution >= 0.6 is 0 Å². The van der Waals surface area contributed by atoms with Crippen LogP contribution in [0.25, 0.3) is 0 Å². The molecule has 12 nitrogen and oxygen atoms in total. The summed E-state index contributed by atoms with van der Waals surface area (Å²) in [4.78, 5) is 0. The molecule has 9 aliphatic rings. The highest BCUT2D eigenvalue weighted by Gasteiger charge is 2.57. The summed E-state index contributed by atoms with van der Waals surface area (Å²) in [6, 6.07) is 34.5. The minimum Gasteiger partial charge on any atom is -0.490 e. The van der Waals surface area contributed by atoms with E-state index in [4.69, 9.17) is 18.9 Å². The van der Waals surface area contributed by atoms with E-state index in [-0.39, 0.29) is 73.7 Å². The maximum Gasteiger partial charge on any atom is 0.119 e. The van der Waals surface area contributed by atoms with Gasteiger partial charge in [0, 0.05) is 0 Å². The van der Waals surface area contributed by atoms with Gasteiger partial charge in [0.25, 0.3) is 0 Å². The summed E-state index contributed by atoms with van der Waals surface area (Å²) in [6.45, 7) is 8.63. The summed E-state index contributed by atoms with van der Waals surface area (Å²) in [5, 5.41) is 34.6. The number of fused-ring (bicyclic) bond motifs is 20. The summed E-state index contributed by atoms with van der Waals surface area (Å²) in [6.07, 6.45) is 14.5. The zero-order valence-corrected chi connectivity index (χ0v) is 42.9. The minimum absolute atomic E-state index is 0.124. The first-order valence-corrected chi connectivity index (χ1v) is 28.2. The molecule has 4 saturated carbocycles. The van der Waals surface area contributed by atoms with E-state index in [9.17, 15) is 0 Å². The average Bonchev–Trinajstić information content (AvgIpc) is 4.09. The van der Waals surface area contributed by atoms with Gasteiger partial charge < -0.3 is 18.9 Å². The largest absolute Gasteiger partial charge is 0.490 e. The van der Waals surface area contributed by atoms with E-state index in [0.29, 0.717) is 47.3 Å². The topological polar surface area (TPSA) is 133 Å². The molecule has 72 heavy (non-hydrogen) atoms. The Labute approximate surface area is 428 Å². The maximum absolute atomic E-state index is 6.86. The van der Waals surface area contributed by atoms with Gasteiger partial charge in [0.2, 0.25) is 0 Å². The number of rotatable bonds is 8. The lowest BCUT2D eigenvalue weighted by Crippen LogP contribution is -2.61. The Morgan fingerprint density at radius 1 is 0.278 bits per heavy atom. The Balaban J connectivity index is 0.820. The molecule has 4 aromatic carbocycles. The van der Waals surface area contributed by atoms with Crippen molar-refractivity contribution in [3.05, 3.63) is 119 Å². The lowest BCUT2D eigenvalue weighted by molar-refractivity contribution is 0.0625. The molecule has 384 valence electrons. The molecule has 8 N–H and O–H groups in total. The summed E-state index contributed by atoms with van der Waals surface area (Å²) >= 11 is 0. The fraction of sp³-hybridized carbons (Fsp3) is 0.600. The van der Waals surface area contributed by atoms with Crippen molar-refractivity contribution in [2.45, 2.75) is 178 Å². The Morgan fingerprint density at radius 2 is 0.486 bits per heavy atom. The smallest absolute Gasteiger partial charge is 0.119 e. The minimum atomic E-state index is 0.124. The summed E-state index contributed by atoms with van der Waals surface area (Å²) in [7, 11) is 0. The van der Waals surface area contributed by atoms with Crippen molar-refractivity contribution in [3.8, 4) is 23.0 Å². The van der Waals surface area contributed by atoms with Crippen LogP contribution in [0.5, 0.6) is 23.0 Å². The maximum atomic E-state index is 6.86. The zero-order valence-electron chi connectivity index (χ0n) is 42.9. The average molecular weight is 977 g/mol. The van der Waals surface area contributed by atoms with Gasteiger partial charge in [0.15, 0.2) is 0 Å². The van der Waals surface area contributed by atoms with Crippen LogP contribution in [0.1, 0.15) is 99.3 Å². The van der Waals surface area contributed by atoms with Crippen molar-refractivity contribution < 1.29 is 18.9 Å². The zero-order chi connectivity index (χ0) is 48.5. The summed E-state index contributed by atoms with van der Waals surface area (Å²) in [5.41, 5.74) is 4.96. The first-order chi connectivity index (χ1) is 35.2. The molecule has 12 heteroatoms. The van der Waals surface area contributed by atoms with Crippen LogP contribution in [0.15, 0.2) is 97.1 Å². The first-order valence-electron chi connectivity index (χ1n) is 28.2. The molecular formula is C60H80N8O4. The second kappa shape index (κ2) is 20.1. The number of ether oxygens (including phenoxy) is 4. The highest BCUT2D eigenvalue weighted by atomic mass is 16.5. The predicted octanol–water partition coefficient (Wildman–Crippen LogP) is 8.07. The third-order valence-corrected chi connectivity index (χ3v) is 19.1. The highest BCUT2D eigenvalue weighted by molar-refractivity contribution is 5.31. The third-order valence-electron chi connectivity index (χ3n) is 19.1. The van der Waals surface area contributed by atoms with Crippen molar-refractivity contribution in [2.24, 2.45) is 47.3 Å². The first kappa shape index (κ1) is 47.5. The molecule has 4 aliphatic carbocycles. The number of hydrogen-bond donors (Lipinski definition) is 8. The molecule has 5 saturated heterocycles. The molecule has 13 rings (SSSR count). The monoisotopic (exact) mass is 977 g/mol. The van der Waals surface area contributed by atoms with Gasteiger partial charge in [0.05, 0.1) is 73.7 Å². The number of hydrogen-bond acceptors (Lipinski definition) is 12. The van der Waals surface area contributed by atoms with Crippen molar-refractivity contribution in [3.63, 3.8) is 0 Å². The number of nitrogens with one attached hydrogen (secondary N) is 8. The van der Waals surface area contributed by atoms with E-state index in [0.717, 1.165) is 100 Å². The quantitative estimate of drug-likeness (QED) is 0.0869. The van der Waals surface area contributed by atoms with E-state index >= 15 is 0 Å². The van der Waals surface area contributed by atoms with Crippen molar-refractivity contribution in [1.29, 1.82) is 0 Å². The van der Waals surface area contributed by atoms with Gasteiger partial charge in [-0.15, -0.1) is 0 Å². The molecule has 12 atom stereocenters. The van der Waals surface area contributed by atoms with Crippen LogP contribution in [0, 0.1) is 75.0 Å². The van der Waals surface area contributed by atoms with E-state index in [2.05, 4.69) is 167 Å². The van der Waals surface area contributed by atoms with Gasteiger partial charge in [0.1, 0.15) is 23.0 Å². The molecule has 9 fully saturated rings. The van der Waals surface area contributed by atoms with Gasteiger partial charge in [-0.1, -0.05) is 48.5 Å². The van der Waals surface area contributed by atoms with E-state index in [1.54, 1.807) is 0 Å². The molecule has 12 unspecified atom stereocenters. The molecular weight excluding hydrogens is 897 g/mol. The fourth-order valence-electron chi connectivity index (χ4n) is 15.8. The Kier molecular flexibility index (Phi) is 13.3. The summed E-state index contributed by atoms with van der Waals surface area (Å²) in [5.74, 6) is 7.41. The second-order valence-electron chi connectivity index (χ2n) is 23.9. The fourth-order valence-corrected chi connectivity index (χ4v) is 15.8. The molecule has 8 bridgehead atoms. The van der Waals surface area contributed by atoms with Crippen LogP contribution < -0.4 is 61.5 Å². The molecule has 4 aromatic rings. The molecule has 5 aliphatic heterocycles. The van der Waals surface area contributed by atoms with Crippen LogP contribution in [0.2, 0.25) is 0 Å². The van der Waals surface area contributed by atoms with Crippen molar-refractivity contribution in [2.75, 3.05) is 0 Å². The van der Waals surface area contributed by atoms with Gasteiger partial charge in [-0.05, 0) is 223 Å². The molecule has 0 spiro atoms. The van der Waals surface area contributed by atoms with Gasteiger partial charge >= 0.3 is 0 Å². The van der Waals surface area contributed by atoms with Crippen LogP contribution in [-0.2, 0) is 0 Å². The van der Waals surface area contributed by atoms with Crippen LogP contribution in [0.4, 0.5) is 0 Å². The molecule has 0 aromatic heterocycles. The molecule has 0 amide bonds. The van der Waals surface area contributed by atoms with Crippen molar-refractivity contribution in [1.82, 2.24) is 42.5 Å². The van der Waals surface area contributed by atoms with E-state index in [1.807, 2.05) is 0 Å². The Hall–Kier alpha value is -4.24. The highest BCUT2D eigenvalue weighted by Crippen LogP contribution is 2.47. The standard InChI is InChI=1S/C60H80N8O4/c1-33-9-5-13-37(25-33)69-41-17-21-45-49(29-41)57-61-53(45)66-58-51-31-43(71-39-15-7-11-35(3)27-39)19-23-47(51)55(63-58)68-60-52-32-44(72-40-16-8-12-36(4)28-40)20-24-48(52)56(64-60)67-59-50-30-42(18-22-46(50)54(62-59)65-57)70-38-14-6-10-34(2)26-38/h5-16,25-28,41-68H,17-24,29-32H2,1-4H3. The lowest BCUT2D eigenvalue weighted by atomic mass is 9.75. The molecule has 0 radical (unpaired) electrons. The number of aryl methyl sites for hydroxylation is 4.